The standard InChI is InChI=1S/C14H27N3O2/c1-3-4-5-7-15-14(19)6-8-16-9-11-17(12-10-16)13(2)18/h3-12H2,1-2H3,(H,15,19). The van der Waals surface area contributed by atoms with E-state index < -0.39 is 0 Å². The Morgan fingerprint density at radius 1 is 1.11 bits per heavy atom. The molecule has 1 N–H and O–H groups in total. The summed E-state index contributed by atoms with van der Waals surface area (Å²) in [4.78, 5) is 26.9. The van der Waals surface area contributed by atoms with E-state index in [0.29, 0.717) is 6.42 Å². The second kappa shape index (κ2) is 8.91. The average Bonchev–Trinajstić information content (AvgIpc) is 2.42. The van der Waals surface area contributed by atoms with E-state index in [2.05, 4.69) is 17.1 Å². The number of nitrogens with zero attached hydrogens (tertiary/aromatic N) is 2. The normalized spacial score (nSPS) is 16.4. The zero-order valence-electron chi connectivity index (χ0n) is 12.3. The largest absolute Gasteiger partial charge is 0.356 e. The van der Waals surface area contributed by atoms with Crippen LogP contribution >= 0.6 is 0 Å². The van der Waals surface area contributed by atoms with Crippen molar-refractivity contribution in [1.29, 1.82) is 0 Å². The van der Waals surface area contributed by atoms with Gasteiger partial charge in [-0.15, -0.1) is 0 Å². The number of nitrogens with one attached hydrogen (secondary N) is 1. The lowest BCUT2D eigenvalue weighted by molar-refractivity contribution is -0.131. The van der Waals surface area contributed by atoms with Crippen molar-refractivity contribution in [3.8, 4) is 0 Å². The van der Waals surface area contributed by atoms with E-state index in [4.69, 9.17) is 0 Å². The van der Waals surface area contributed by atoms with Gasteiger partial charge in [0.25, 0.3) is 0 Å². The van der Waals surface area contributed by atoms with E-state index in [9.17, 15) is 9.59 Å². The fourth-order valence-corrected chi connectivity index (χ4v) is 2.24. The number of carbonyl (C=O) groups excluding carboxylic acids is 2. The minimum atomic E-state index is 0.144. The van der Waals surface area contributed by atoms with Crippen LogP contribution in [-0.4, -0.2) is 60.9 Å². The molecule has 5 heteroatoms. The van der Waals surface area contributed by atoms with Crippen LogP contribution in [0.2, 0.25) is 0 Å². The number of hydrogen-bond acceptors (Lipinski definition) is 3. The molecule has 1 rings (SSSR count). The first-order chi connectivity index (χ1) is 9.13. The van der Waals surface area contributed by atoms with Crippen molar-refractivity contribution < 1.29 is 9.59 Å². The van der Waals surface area contributed by atoms with Gasteiger partial charge in [-0.3, -0.25) is 14.5 Å². The summed E-state index contributed by atoms with van der Waals surface area (Å²) in [6.07, 6.45) is 3.98. The lowest BCUT2D eigenvalue weighted by atomic mass is 10.2. The molecular formula is C14H27N3O2. The van der Waals surface area contributed by atoms with Gasteiger partial charge in [-0.2, -0.15) is 0 Å². The van der Waals surface area contributed by atoms with Crippen molar-refractivity contribution in [2.75, 3.05) is 39.3 Å². The molecule has 19 heavy (non-hydrogen) atoms. The summed E-state index contributed by atoms with van der Waals surface area (Å²) in [6, 6.07) is 0. The molecule has 1 aliphatic heterocycles. The fraction of sp³-hybridized carbons (Fsp3) is 0.857. The Kier molecular flexibility index (Phi) is 7.48. The van der Waals surface area contributed by atoms with Crippen LogP contribution in [0.3, 0.4) is 0 Å². The van der Waals surface area contributed by atoms with Crippen LogP contribution in [0.5, 0.6) is 0 Å². The molecule has 0 bridgehead atoms. The number of amides is 2. The van der Waals surface area contributed by atoms with E-state index in [1.807, 2.05) is 4.90 Å². The molecule has 0 spiro atoms. The van der Waals surface area contributed by atoms with E-state index in [1.165, 1.54) is 12.8 Å². The third kappa shape index (κ3) is 6.57. The van der Waals surface area contributed by atoms with Gasteiger partial charge in [-0.1, -0.05) is 19.8 Å². The smallest absolute Gasteiger partial charge is 0.221 e. The number of carbonyl (C=O) groups is 2. The number of unbranched alkanes of at least 4 members (excludes halogenated alkanes) is 2. The van der Waals surface area contributed by atoms with Crippen molar-refractivity contribution in [2.24, 2.45) is 0 Å². The van der Waals surface area contributed by atoms with Gasteiger partial charge in [0.2, 0.25) is 11.8 Å². The monoisotopic (exact) mass is 269 g/mol. The average molecular weight is 269 g/mol. The molecule has 110 valence electrons. The number of piperazine rings is 1. The van der Waals surface area contributed by atoms with Gasteiger partial charge >= 0.3 is 0 Å². The van der Waals surface area contributed by atoms with Gasteiger partial charge in [-0.05, 0) is 6.42 Å². The summed E-state index contributed by atoms with van der Waals surface area (Å²) in [5, 5.41) is 2.95. The van der Waals surface area contributed by atoms with Crippen LogP contribution in [0.15, 0.2) is 0 Å². The van der Waals surface area contributed by atoms with Crippen LogP contribution < -0.4 is 5.32 Å². The summed E-state index contributed by atoms with van der Waals surface area (Å²) in [5.41, 5.74) is 0. The van der Waals surface area contributed by atoms with Gasteiger partial charge in [0.15, 0.2) is 0 Å². The van der Waals surface area contributed by atoms with Crippen LogP contribution in [0.1, 0.15) is 39.5 Å². The second-order valence-electron chi connectivity index (χ2n) is 5.15. The first-order valence-electron chi connectivity index (χ1n) is 7.38. The molecule has 1 heterocycles. The Morgan fingerprint density at radius 3 is 2.37 bits per heavy atom. The molecule has 0 aliphatic carbocycles. The molecule has 2 amide bonds. The maximum absolute atomic E-state index is 11.6. The molecule has 1 saturated heterocycles. The Bertz CT molecular complexity index is 286. The highest BCUT2D eigenvalue weighted by Gasteiger charge is 2.18. The minimum Gasteiger partial charge on any atom is -0.356 e. The van der Waals surface area contributed by atoms with E-state index in [-0.39, 0.29) is 11.8 Å². The lowest BCUT2D eigenvalue weighted by Gasteiger charge is -2.34. The van der Waals surface area contributed by atoms with Crippen molar-refractivity contribution in [2.45, 2.75) is 39.5 Å². The molecule has 0 saturated carbocycles. The number of hydrogen-bond donors (Lipinski definition) is 1. The zero-order chi connectivity index (χ0) is 14.1. The van der Waals surface area contributed by atoms with Crippen molar-refractivity contribution in [1.82, 2.24) is 15.1 Å². The van der Waals surface area contributed by atoms with Crippen molar-refractivity contribution >= 4 is 11.8 Å². The highest BCUT2D eigenvalue weighted by atomic mass is 16.2. The maximum Gasteiger partial charge on any atom is 0.221 e. The Morgan fingerprint density at radius 2 is 1.79 bits per heavy atom. The molecule has 0 unspecified atom stereocenters. The Hall–Kier alpha value is -1.10. The third-order valence-corrected chi connectivity index (χ3v) is 3.58. The molecule has 0 aromatic rings. The molecule has 0 aromatic carbocycles. The number of rotatable bonds is 7. The van der Waals surface area contributed by atoms with Gasteiger partial charge in [0, 0.05) is 52.6 Å². The predicted octanol–water partition coefficient (Wildman–Crippen LogP) is 0.847. The highest BCUT2D eigenvalue weighted by Crippen LogP contribution is 2.02. The highest BCUT2D eigenvalue weighted by molar-refractivity contribution is 5.76. The van der Waals surface area contributed by atoms with Crippen LogP contribution in [0, 0.1) is 0 Å². The van der Waals surface area contributed by atoms with Gasteiger partial charge in [0.1, 0.15) is 0 Å². The quantitative estimate of drug-likeness (QED) is 0.697. The fourth-order valence-electron chi connectivity index (χ4n) is 2.24. The van der Waals surface area contributed by atoms with Gasteiger partial charge in [0.05, 0.1) is 0 Å². The van der Waals surface area contributed by atoms with E-state index in [0.717, 1.165) is 45.7 Å². The van der Waals surface area contributed by atoms with Gasteiger partial charge in [-0.25, -0.2) is 0 Å². The zero-order valence-corrected chi connectivity index (χ0v) is 12.3. The van der Waals surface area contributed by atoms with Gasteiger partial charge < -0.3 is 10.2 Å². The second-order valence-corrected chi connectivity index (χ2v) is 5.15. The first-order valence-corrected chi connectivity index (χ1v) is 7.38. The Labute approximate surface area is 116 Å². The summed E-state index contributed by atoms with van der Waals surface area (Å²) in [7, 11) is 0. The van der Waals surface area contributed by atoms with Crippen LogP contribution in [0.25, 0.3) is 0 Å². The topological polar surface area (TPSA) is 52.7 Å². The molecule has 0 aromatic heterocycles. The Balaban J connectivity index is 2.06. The summed E-state index contributed by atoms with van der Waals surface area (Å²) in [5.74, 6) is 0.290. The third-order valence-electron chi connectivity index (χ3n) is 3.58. The first kappa shape index (κ1) is 16.0. The van der Waals surface area contributed by atoms with Crippen molar-refractivity contribution in [3.63, 3.8) is 0 Å². The predicted molar refractivity (Wildman–Crippen MR) is 75.8 cm³/mol. The molecule has 5 nitrogen and oxygen atoms in total. The summed E-state index contributed by atoms with van der Waals surface area (Å²) >= 11 is 0. The molecule has 0 atom stereocenters. The molecule has 1 aliphatic rings. The van der Waals surface area contributed by atoms with E-state index in [1.54, 1.807) is 6.92 Å². The lowest BCUT2D eigenvalue weighted by Crippen LogP contribution is -2.48. The maximum atomic E-state index is 11.6. The van der Waals surface area contributed by atoms with E-state index >= 15 is 0 Å². The van der Waals surface area contributed by atoms with Crippen LogP contribution in [0.4, 0.5) is 0 Å². The minimum absolute atomic E-state index is 0.144. The molecule has 1 fully saturated rings. The van der Waals surface area contributed by atoms with Crippen molar-refractivity contribution in [3.05, 3.63) is 0 Å². The van der Waals surface area contributed by atoms with Crippen LogP contribution in [-0.2, 0) is 9.59 Å². The summed E-state index contributed by atoms with van der Waals surface area (Å²) < 4.78 is 0. The molecule has 0 radical (unpaired) electrons. The molecular weight excluding hydrogens is 242 g/mol. The summed E-state index contributed by atoms with van der Waals surface area (Å²) in [6.45, 7) is 8.68. The SMILES string of the molecule is CCCCCNC(=O)CCN1CCN(C(C)=O)CC1.